The fourth-order valence-electron chi connectivity index (χ4n) is 4.85. The van der Waals surface area contributed by atoms with Gasteiger partial charge in [-0.15, -0.1) is 0 Å². The molecule has 236 valence electrons. The van der Waals surface area contributed by atoms with Gasteiger partial charge in [-0.2, -0.15) is 0 Å². The van der Waals surface area contributed by atoms with Crippen molar-refractivity contribution in [2.45, 2.75) is 44.7 Å². The third kappa shape index (κ3) is 9.10. The average Bonchev–Trinajstić information content (AvgIpc) is 3.02. The fourth-order valence-corrected chi connectivity index (χ4v) is 6.58. The standard InChI is InChI=1S/C35H37Cl2N3O4S/c1-25(2)22-38-35(42)33(21-27-10-5-4-6-11-27)39(23-28-13-15-29(36)16-14-28)34(41)24-40(32-12-8-7-9-26(32)3)45(43,44)31-19-17-30(37)18-20-31/h4-20,25,33H,21-24H2,1-3H3,(H,38,42)/t33-/m0/s1. The Bertz CT molecular complexity index is 1700. The summed E-state index contributed by atoms with van der Waals surface area (Å²) in [6.07, 6.45) is 0.235. The van der Waals surface area contributed by atoms with Crippen molar-refractivity contribution >= 4 is 50.7 Å². The van der Waals surface area contributed by atoms with Crippen LogP contribution in [-0.2, 0) is 32.6 Å². The van der Waals surface area contributed by atoms with Crippen molar-refractivity contribution in [2.24, 2.45) is 5.92 Å². The van der Waals surface area contributed by atoms with Crippen LogP contribution in [0.4, 0.5) is 5.69 Å². The quantitative estimate of drug-likeness (QED) is 0.168. The lowest BCUT2D eigenvalue weighted by atomic mass is 10.0. The van der Waals surface area contributed by atoms with Gasteiger partial charge in [-0.3, -0.25) is 13.9 Å². The largest absolute Gasteiger partial charge is 0.354 e. The zero-order valence-electron chi connectivity index (χ0n) is 25.5. The SMILES string of the molecule is Cc1ccccc1N(CC(=O)N(Cc1ccc(Cl)cc1)[C@@H](Cc1ccccc1)C(=O)NCC(C)C)S(=O)(=O)c1ccc(Cl)cc1. The molecule has 4 aromatic rings. The molecular formula is C35H37Cl2N3O4S. The molecule has 1 N–H and O–H groups in total. The van der Waals surface area contributed by atoms with Gasteiger partial charge < -0.3 is 10.2 Å². The summed E-state index contributed by atoms with van der Waals surface area (Å²) in [4.78, 5) is 29.8. The summed E-state index contributed by atoms with van der Waals surface area (Å²) < 4.78 is 29.4. The maximum absolute atomic E-state index is 14.5. The molecule has 1 atom stereocenters. The summed E-state index contributed by atoms with van der Waals surface area (Å²) in [5.41, 5.74) is 2.63. The van der Waals surface area contributed by atoms with Gasteiger partial charge >= 0.3 is 0 Å². The Morgan fingerprint density at radius 1 is 0.778 bits per heavy atom. The van der Waals surface area contributed by atoms with Gasteiger partial charge in [-0.05, 0) is 72.0 Å². The second-order valence-electron chi connectivity index (χ2n) is 11.2. The normalized spacial score (nSPS) is 12.0. The van der Waals surface area contributed by atoms with E-state index in [1.165, 1.54) is 29.2 Å². The zero-order valence-corrected chi connectivity index (χ0v) is 27.8. The summed E-state index contributed by atoms with van der Waals surface area (Å²) in [5.74, 6) is -0.669. The van der Waals surface area contributed by atoms with Crippen molar-refractivity contribution in [1.29, 1.82) is 0 Å². The van der Waals surface area contributed by atoms with Gasteiger partial charge in [0.25, 0.3) is 10.0 Å². The number of amides is 2. The minimum absolute atomic E-state index is 0.0114. The number of carbonyl (C=O) groups excluding carboxylic acids is 2. The summed E-state index contributed by atoms with van der Waals surface area (Å²) in [5, 5.41) is 3.91. The van der Waals surface area contributed by atoms with Gasteiger partial charge in [0.15, 0.2) is 0 Å². The molecule has 4 rings (SSSR count). The van der Waals surface area contributed by atoms with Gasteiger partial charge in [-0.25, -0.2) is 8.42 Å². The predicted molar refractivity (Wildman–Crippen MR) is 181 cm³/mol. The van der Waals surface area contributed by atoms with Crippen LogP contribution in [0.15, 0.2) is 108 Å². The van der Waals surface area contributed by atoms with E-state index >= 15 is 0 Å². The first kappa shape index (κ1) is 34.0. The van der Waals surface area contributed by atoms with Gasteiger partial charge in [0.1, 0.15) is 12.6 Å². The van der Waals surface area contributed by atoms with Gasteiger partial charge in [0.2, 0.25) is 11.8 Å². The van der Waals surface area contributed by atoms with Crippen molar-refractivity contribution < 1.29 is 18.0 Å². The minimum Gasteiger partial charge on any atom is -0.354 e. The molecule has 2 amide bonds. The van der Waals surface area contributed by atoms with Crippen LogP contribution in [0.3, 0.4) is 0 Å². The van der Waals surface area contributed by atoms with E-state index in [0.717, 1.165) is 15.4 Å². The molecule has 0 saturated carbocycles. The first-order valence-corrected chi connectivity index (χ1v) is 16.8. The first-order valence-electron chi connectivity index (χ1n) is 14.6. The molecule has 0 aliphatic rings. The number of aryl methyl sites for hydroxylation is 1. The molecular weight excluding hydrogens is 629 g/mol. The Kier molecular flexibility index (Phi) is 11.7. The number of carbonyl (C=O) groups is 2. The van der Waals surface area contributed by atoms with Gasteiger partial charge in [-0.1, -0.05) is 97.7 Å². The number of hydrogen-bond donors (Lipinski definition) is 1. The summed E-state index contributed by atoms with van der Waals surface area (Å²) in [6, 6.07) is 28.3. The molecule has 0 fully saturated rings. The second kappa shape index (κ2) is 15.4. The number of nitrogens with one attached hydrogen (secondary N) is 1. The highest BCUT2D eigenvalue weighted by Crippen LogP contribution is 2.28. The van der Waals surface area contributed by atoms with Crippen LogP contribution in [-0.4, -0.2) is 44.3 Å². The van der Waals surface area contributed by atoms with E-state index in [0.29, 0.717) is 27.8 Å². The molecule has 4 aromatic carbocycles. The number of anilines is 1. The Morgan fingerprint density at radius 3 is 1.96 bits per heavy atom. The number of halogens is 2. The highest BCUT2D eigenvalue weighted by atomic mass is 35.5. The maximum atomic E-state index is 14.5. The third-order valence-electron chi connectivity index (χ3n) is 7.29. The monoisotopic (exact) mass is 665 g/mol. The highest BCUT2D eigenvalue weighted by molar-refractivity contribution is 7.92. The Morgan fingerprint density at radius 2 is 1.36 bits per heavy atom. The molecule has 45 heavy (non-hydrogen) atoms. The number of rotatable bonds is 13. The van der Waals surface area contributed by atoms with Crippen LogP contribution in [0.5, 0.6) is 0 Å². The predicted octanol–water partition coefficient (Wildman–Crippen LogP) is 6.91. The van der Waals surface area contributed by atoms with Gasteiger partial charge in [0.05, 0.1) is 10.6 Å². The number of nitrogens with zero attached hydrogens (tertiary/aromatic N) is 2. The van der Waals surface area contributed by atoms with E-state index in [4.69, 9.17) is 23.2 Å². The highest BCUT2D eigenvalue weighted by Gasteiger charge is 2.35. The smallest absolute Gasteiger partial charge is 0.264 e. The van der Waals surface area contributed by atoms with Crippen LogP contribution in [0.1, 0.15) is 30.5 Å². The van der Waals surface area contributed by atoms with E-state index in [1.54, 1.807) is 55.5 Å². The van der Waals surface area contributed by atoms with E-state index in [-0.39, 0.29) is 29.7 Å². The molecule has 0 heterocycles. The molecule has 0 unspecified atom stereocenters. The second-order valence-corrected chi connectivity index (χ2v) is 14.0. The molecule has 0 aliphatic heterocycles. The lowest BCUT2D eigenvalue weighted by molar-refractivity contribution is -0.140. The maximum Gasteiger partial charge on any atom is 0.264 e. The molecule has 0 spiro atoms. The Labute approximate surface area is 275 Å². The van der Waals surface area contributed by atoms with Crippen molar-refractivity contribution in [2.75, 3.05) is 17.4 Å². The van der Waals surface area contributed by atoms with E-state index in [1.807, 2.05) is 44.2 Å². The van der Waals surface area contributed by atoms with Crippen LogP contribution in [0, 0.1) is 12.8 Å². The van der Waals surface area contributed by atoms with Crippen molar-refractivity contribution in [3.05, 3.63) is 130 Å². The lowest BCUT2D eigenvalue weighted by Crippen LogP contribution is -2.53. The van der Waals surface area contributed by atoms with Crippen molar-refractivity contribution in [1.82, 2.24) is 10.2 Å². The molecule has 0 aromatic heterocycles. The molecule has 0 radical (unpaired) electrons. The summed E-state index contributed by atoms with van der Waals surface area (Å²) in [6.45, 7) is 5.72. The number of sulfonamides is 1. The topological polar surface area (TPSA) is 86.8 Å². The average molecular weight is 667 g/mol. The first-order chi connectivity index (χ1) is 21.5. The Hall–Kier alpha value is -3.85. The number of benzene rings is 4. The van der Waals surface area contributed by atoms with E-state index < -0.39 is 28.5 Å². The molecule has 10 heteroatoms. The van der Waals surface area contributed by atoms with Gasteiger partial charge in [0, 0.05) is 29.6 Å². The lowest BCUT2D eigenvalue weighted by Gasteiger charge is -2.34. The zero-order chi connectivity index (χ0) is 32.6. The van der Waals surface area contributed by atoms with Crippen molar-refractivity contribution in [3.8, 4) is 0 Å². The van der Waals surface area contributed by atoms with Crippen LogP contribution < -0.4 is 9.62 Å². The van der Waals surface area contributed by atoms with Crippen LogP contribution in [0.25, 0.3) is 0 Å². The van der Waals surface area contributed by atoms with Crippen LogP contribution >= 0.6 is 23.2 Å². The summed E-state index contributed by atoms with van der Waals surface area (Å²) >= 11 is 12.2. The minimum atomic E-state index is -4.22. The fraction of sp³-hybridized carbons (Fsp3) is 0.257. The van der Waals surface area contributed by atoms with Crippen LogP contribution in [0.2, 0.25) is 10.0 Å². The Balaban J connectivity index is 1.80. The van der Waals surface area contributed by atoms with Crippen molar-refractivity contribution in [3.63, 3.8) is 0 Å². The molecule has 7 nitrogen and oxygen atoms in total. The summed E-state index contributed by atoms with van der Waals surface area (Å²) in [7, 11) is -4.22. The molecule has 0 aliphatic carbocycles. The van der Waals surface area contributed by atoms with E-state index in [9.17, 15) is 18.0 Å². The van der Waals surface area contributed by atoms with E-state index in [2.05, 4.69) is 5.32 Å². The number of para-hydroxylation sites is 1. The third-order valence-corrected chi connectivity index (χ3v) is 9.56. The number of hydrogen-bond acceptors (Lipinski definition) is 4. The molecule has 0 bridgehead atoms. The molecule has 0 saturated heterocycles.